The van der Waals surface area contributed by atoms with Crippen molar-refractivity contribution in [3.63, 3.8) is 0 Å². The van der Waals surface area contributed by atoms with Gasteiger partial charge in [0.25, 0.3) is 0 Å². The molecular formula is C17H28N2. The maximum absolute atomic E-state index is 3.71. The minimum absolute atomic E-state index is 0.660. The van der Waals surface area contributed by atoms with Crippen molar-refractivity contribution in [1.29, 1.82) is 0 Å². The molecular weight excluding hydrogens is 232 g/mol. The van der Waals surface area contributed by atoms with Crippen LogP contribution in [0.15, 0.2) is 24.3 Å². The highest BCUT2D eigenvalue weighted by molar-refractivity contribution is 5.55. The van der Waals surface area contributed by atoms with E-state index in [4.69, 9.17) is 0 Å². The molecule has 0 saturated heterocycles. The van der Waals surface area contributed by atoms with Gasteiger partial charge in [-0.2, -0.15) is 0 Å². The largest absolute Gasteiger partial charge is 0.382 e. The van der Waals surface area contributed by atoms with Crippen molar-refractivity contribution in [1.82, 2.24) is 0 Å². The third-order valence-electron chi connectivity index (χ3n) is 4.46. The molecule has 0 aromatic heterocycles. The number of hydrogen-bond donors (Lipinski definition) is 1. The number of anilines is 2. The van der Waals surface area contributed by atoms with Crippen molar-refractivity contribution in [2.75, 3.05) is 23.3 Å². The van der Waals surface area contributed by atoms with E-state index in [9.17, 15) is 0 Å². The Morgan fingerprint density at radius 2 is 1.68 bits per heavy atom. The Labute approximate surface area is 118 Å². The molecule has 1 aromatic carbocycles. The molecule has 0 aliphatic heterocycles. The van der Waals surface area contributed by atoms with Crippen molar-refractivity contribution >= 4 is 11.4 Å². The van der Waals surface area contributed by atoms with E-state index in [1.165, 1.54) is 37.1 Å². The monoisotopic (exact) mass is 260 g/mol. The molecule has 1 saturated carbocycles. The number of hydrogen-bond acceptors (Lipinski definition) is 2. The molecule has 1 aliphatic carbocycles. The molecule has 1 aromatic rings. The van der Waals surface area contributed by atoms with Crippen LogP contribution >= 0.6 is 0 Å². The second kappa shape index (κ2) is 6.83. The van der Waals surface area contributed by atoms with Crippen molar-refractivity contribution in [3.8, 4) is 0 Å². The number of nitrogens with one attached hydrogen (secondary N) is 1. The number of benzene rings is 1. The predicted molar refractivity (Wildman–Crippen MR) is 85.0 cm³/mol. The molecule has 2 rings (SSSR count). The van der Waals surface area contributed by atoms with Crippen molar-refractivity contribution < 1.29 is 0 Å². The van der Waals surface area contributed by atoms with E-state index < -0.39 is 0 Å². The molecule has 2 heteroatoms. The molecule has 19 heavy (non-hydrogen) atoms. The van der Waals surface area contributed by atoms with Gasteiger partial charge in [-0.1, -0.05) is 19.8 Å². The van der Waals surface area contributed by atoms with Gasteiger partial charge in [-0.15, -0.1) is 0 Å². The molecule has 0 heterocycles. The molecule has 0 bridgehead atoms. The first-order valence-electron chi connectivity index (χ1n) is 7.86. The van der Waals surface area contributed by atoms with Gasteiger partial charge in [0.1, 0.15) is 0 Å². The molecule has 1 fully saturated rings. The summed E-state index contributed by atoms with van der Waals surface area (Å²) >= 11 is 0. The Balaban J connectivity index is 1.98. The summed E-state index contributed by atoms with van der Waals surface area (Å²) in [6, 6.07) is 9.60. The van der Waals surface area contributed by atoms with Crippen molar-refractivity contribution in [3.05, 3.63) is 24.3 Å². The van der Waals surface area contributed by atoms with E-state index in [1.807, 2.05) is 0 Å². The first kappa shape index (κ1) is 14.2. The first-order valence-corrected chi connectivity index (χ1v) is 7.86. The van der Waals surface area contributed by atoms with Crippen LogP contribution in [0.4, 0.5) is 11.4 Å². The molecule has 0 radical (unpaired) electrons. The second-order valence-electron chi connectivity index (χ2n) is 5.73. The maximum atomic E-state index is 3.71. The Morgan fingerprint density at radius 3 is 2.26 bits per heavy atom. The topological polar surface area (TPSA) is 15.3 Å². The minimum Gasteiger partial charge on any atom is -0.382 e. The summed E-state index contributed by atoms with van der Waals surface area (Å²) in [6.07, 6.45) is 5.47. The Kier molecular flexibility index (Phi) is 5.12. The van der Waals surface area contributed by atoms with Crippen LogP contribution in [0.1, 0.15) is 46.5 Å². The molecule has 1 N–H and O–H groups in total. The van der Waals surface area contributed by atoms with Gasteiger partial charge in [0.15, 0.2) is 0 Å². The standard InChI is InChI=1S/C17H28N2/c1-4-19(5-2)16-12-10-15(11-13-16)18-17-9-7-6-8-14(17)3/h10-14,17-18H,4-9H2,1-3H3. The van der Waals surface area contributed by atoms with Crippen LogP contribution in [-0.2, 0) is 0 Å². The van der Waals surface area contributed by atoms with Crippen LogP contribution in [0.5, 0.6) is 0 Å². The average molecular weight is 260 g/mol. The molecule has 1 aliphatic rings. The molecule has 0 amide bonds. The van der Waals surface area contributed by atoms with Crippen molar-refractivity contribution in [2.45, 2.75) is 52.5 Å². The highest BCUT2D eigenvalue weighted by atomic mass is 15.1. The maximum Gasteiger partial charge on any atom is 0.0367 e. The van der Waals surface area contributed by atoms with Crippen LogP contribution in [0.2, 0.25) is 0 Å². The minimum atomic E-state index is 0.660. The number of rotatable bonds is 5. The molecule has 0 spiro atoms. The van der Waals surface area contributed by atoms with Gasteiger partial charge in [-0.05, 0) is 56.9 Å². The van der Waals surface area contributed by atoms with E-state index in [2.05, 4.69) is 55.3 Å². The highest BCUT2D eigenvalue weighted by Crippen LogP contribution is 2.27. The van der Waals surface area contributed by atoms with Crippen LogP contribution in [0.25, 0.3) is 0 Å². The van der Waals surface area contributed by atoms with Gasteiger partial charge in [-0.25, -0.2) is 0 Å². The number of nitrogens with zero attached hydrogens (tertiary/aromatic N) is 1. The van der Waals surface area contributed by atoms with Crippen LogP contribution in [-0.4, -0.2) is 19.1 Å². The fourth-order valence-electron chi connectivity index (χ4n) is 3.10. The van der Waals surface area contributed by atoms with Gasteiger partial charge in [0, 0.05) is 30.5 Å². The summed E-state index contributed by atoms with van der Waals surface area (Å²) in [6.45, 7) is 8.94. The lowest BCUT2D eigenvalue weighted by molar-refractivity contribution is 0.349. The average Bonchev–Trinajstić information content (AvgIpc) is 2.44. The SMILES string of the molecule is CCN(CC)c1ccc(NC2CCCCC2C)cc1. The van der Waals surface area contributed by atoms with Gasteiger partial charge >= 0.3 is 0 Å². The fraction of sp³-hybridized carbons (Fsp3) is 0.647. The zero-order chi connectivity index (χ0) is 13.7. The summed E-state index contributed by atoms with van der Waals surface area (Å²) in [4.78, 5) is 2.38. The molecule has 2 atom stereocenters. The van der Waals surface area contributed by atoms with Gasteiger partial charge in [0.2, 0.25) is 0 Å². The Hall–Kier alpha value is -1.18. The Morgan fingerprint density at radius 1 is 1.05 bits per heavy atom. The summed E-state index contributed by atoms with van der Waals surface area (Å²) in [5, 5.41) is 3.71. The lowest BCUT2D eigenvalue weighted by Gasteiger charge is -2.30. The third kappa shape index (κ3) is 3.65. The van der Waals surface area contributed by atoms with E-state index in [1.54, 1.807) is 0 Å². The normalized spacial score (nSPS) is 23.1. The van der Waals surface area contributed by atoms with Crippen LogP contribution in [0.3, 0.4) is 0 Å². The predicted octanol–water partition coefficient (Wildman–Crippen LogP) is 4.52. The van der Waals surface area contributed by atoms with E-state index in [0.717, 1.165) is 19.0 Å². The first-order chi connectivity index (χ1) is 9.24. The van der Waals surface area contributed by atoms with E-state index >= 15 is 0 Å². The molecule has 2 unspecified atom stereocenters. The molecule has 2 nitrogen and oxygen atoms in total. The lowest BCUT2D eigenvalue weighted by Crippen LogP contribution is -2.30. The molecule has 106 valence electrons. The van der Waals surface area contributed by atoms with Gasteiger partial charge < -0.3 is 10.2 Å². The Bertz CT molecular complexity index is 367. The summed E-state index contributed by atoms with van der Waals surface area (Å²) < 4.78 is 0. The van der Waals surface area contributed by atoms with Gasteiger partial charge in [0.05, 0.1) is 0 Å². The fourth-order valence-corrected chi connectivity index (χ4v) is 3.10. The lowest BCUT2D eigenvalue weighted by atomic mass is 9.86. The zero-order valence-electron chi connectivity index (χ0n) is 12.7. The van der Waals surface area contributed by atoms with Gasteiger partial charge in [-0.3, -0.25) is 0 Å². The summed E-state index contributed by atoms with van der Waals surface area (Å²) in [5.74, 6) is 0.802. The smallest absolute Gasteiger partial charge is 0.0367 e. The third-order valence-corrected chi connectivity index (χ3v) is 4.46. The van der Waals surface area contributed by atoms with Crippen molar-refractivity contribution in [2.24, 2.45) is 5.92 Å². The summed E-state index contributed by atoms with van der Waals surface area (Å²) in [5.41, 5.74) is 2.60. The van der Waals surface area contributed by atoms with E-state index in [0.29, 0.717) is 6.04 Å². The zero-order valence-corrected chi connectivity index (χ0v) is 12.7. The second-order valence-corrected chi connectivity index (χ2v) is 5.73. The van der Waals surface area contributed by atoms with E-state index in [-0.39, 0.29) is 0 Å². The highest BCUT2D eigenvalue weighted by Gasteiger charge is 2.20. The van der Waals surface area contributed by atoms with Crippen LogP contribution < -0.4 is 10.2 Å². The quantitative estimate of drug-likeness (QED) is 0.837. The summed E-state index contributed by atoms with van der Waals surface area (Å²) in [7, 11) is 0. The van der Waals surface area contributed by atoms with Crippen LogP contribution in [0, 0.1) is 5.92 Å².